The van der Waals surface area contributed by atoms with Crippen molar-refractivity contribution in [3.05, 3.63) is 94.4 Å². The highest BCUT2D eigenvalue weighted by atomic mass is 16.3. The smallest absolute Gasteiger partial charge is 0.258 e. The Balaban J connectivity index is 1.42. The predicted octanol–water partition coefficient (Wildman–Crippen LogP) is 2.54. The van der Waals surface area contributed by atoms with Gasteiger partial charge in [-0.05, 0) is 43.4 Å². The number of para-hydroxylation sites is 2. The molecule has 174 valence electrons. The molecular formula is C25H25N5O4. The fraction of sp³-hybridized carbons (Fsp3) is 0.200. The normalized spacial score (nSPS) is 11.0. The van der Waals surface area contributed by atoms with Gasteiger partial charge in [-0.15, -0.1) is 0 Å². The number of furan rings is 1. The third-order valence-electron chi connectivity index (χ3n) is 5.37. The van der Waals surface area contributed by atoms with Crippen LogP contribution >= 0.6 is 0 Å². The summed E-state index contributed by atoms with van der Waals surface area (Å²) in [6.45, 7) is 0.595. The van der Waals surface area contributed by atoms with Crippen LogP contribution < -0.4 is 15.8 Å². The first-order valence-electron chi connectivity index (χ1n) is 10.7. The Morgan fingerprint density at radius 3 is 2.59 bits per heavy atom. The average molecular weight is 460 g/mol. The van der Waals surface area contributed by atoms with Crippen LogP contribution in [-0.4, -0.2) is 47.3 Å². The van der Waals surface area contributed by atoms with Crippen molar-refractivity contribution in [2.75, 3.05) is 25.5 Å². The number of nitrogens with one attached hydrogen (secondary N) is 2. The second-order valence-corrected chi connectivity index (χ2v) is 7.93. The van der Waals surface area contributed by atoms with Gasteiger partial charge in [0, 0.05) is 7.05 Å². The number of fused-ring (bicyclic) bond motifs is 1. The number of aromatic amines is 1. The van der Waals surface area contributed by atoms with Crippen LogP contribution in [0.1, 0.15) is 21.9 Å². The lowest BCUT2D eigenvalue weighted by atomic mass is 10.1. The topological polar surface area (TPSA) is 112 Å². The predicted molar refractivity (Wildman–Crippen MR) is 128 cm³/mol. The maximum absolute atomic E-state index is 13.0. The van der Waals surface area contributed by atoms with Crippen LogP contribution in [0.5, 0.6) is 0 Å². The van der Waals surface area contributed by atoms with Crippen molar-refractivity contribution >= 4 is 28.4 Å². The highest BCUT2D eigenvalue weighted by molar-refractivity contribution is 6.05. The quantitative estimate of drug-likeness (QED) is 0.419. The van der Waals surface area contributed by atoms with Crippen LogP contribution in [-0.2, 0) is 17.9 Å². The first-order chi connectivity index (χ1) is 16.4. The van der Waals surface area contributed by atoms with Crippen LogP contribution in [0.15, 0.2) is 76.1 Å². The molecule has 0 bridgehead atoms. The van der Waals surface area contributed by atoms with Gasteiger partial charge in [0.25, 0.3) is 11.5 Å². The Labute approximate surface area is 196 Å². The zero-order valence-corrected chi connectivity index (χ0v) is 18.9. The molecule has 0 aliphatic heterocycles. The van der Waals surface area contributed by atoms with E-state index in [1.165, 1.54) is 4.90 Å². The zero-order valence-electron chi connectivity index (χ0n) is 18.9. The summed E-state index contributed by atoms with van der Waals surface area (Å²) >= 11 is 0. The van der Waals surface area contributed by atoms with E-state index < -0.39 is 0 Å². The second-order valence-electron chi connectivity index (χ2n) is 7.93. The number of H-pyrrole nitrogens is 1. The zero-order chi connectivity index (χ0) is 24.1. The van der Waals surface area contributed by atoms with Crippen molar-refractivity contribution in [3.63, 3.8) is 0 Å². The molecule has 0 radical (unpaired) electrons. The minimum absolute atomic E-state index is 0.0649. The molecule has 4 rings (SSSR count). The SMILES string of the molecule is CN(CC(=O)N(C)c1ccccc1C(=O)NCc1ccco1)Cc1nc2ccccc2c(=O)[nH]1. The van der Waals surface area contributed by atoms with Gasteiger partial charge in [-0.25, -0.2) is 4.98 Å². The van der Waals surface area contributed by atoms with Crippen LogP contribution in [0, 0.1) is 0 Å². The molecule has 2 amide bonds. The lowest BCUT2D eigenvalue weighted by Gasteiger charge is -2.23. The molecule has 0 aliphatic carbocycles. The van der Waals surface area contributed by atoms with E-state index in [1.807, 2.05) is 6.07 Å². The number of amides is 2. The van der Waals surface area contributed by atoms with Gasteiger partial charge in [-0.1, -0.05) is 24.3 Å². The first kappa shape index (κ1) is 22.9. The Kier molecular flexibility index (Phi) is 6.84. The minimum atomic E-state index is -0.307. The van der Waals surface area contributed by atoms with E-state index in [-0.39, 0.29) is 37.0 Å². The standard InChI is InChI=1S/C25H25N5O4/c1-29(15-22-27-20-11-5-3-9-18(20)25(33)28-22)16-23(31)30(2)21-12-6-4-10-19(21)24(32)26-14-17-8-7-13-34-17/h3-13H,14-16H2,1-2H3,(H,26,32)(H,27,28,33). The Bertz CT molecular complexity index is 1360. The molecule has 2 aromatic carbocycles. The van der Waals surface area contributed by atoms with Crippen molar-refractivity contribution in [1.29, 1.82) is 0 Å². The number of benzene rings is 2. The van der Waals surface area contributed by atoms with E-state index in [2.05, 4.69) is 15.3 Å². The van der Waals surface area contributed by atoms with Gasteiger partial charge >= 0.3 is 0 Å². The van der Waals surface area contributed by atoms with Crippen molar-refractivity contribution in [2.45, 2.75) is 13.1 Å². The van der Waals surface area contributed by atoms with E-state index in [0.29, 0.717) is 33.7 Å². The largest absolute Gasteiger partial charge is 0.467 e. The third kappa shape index (κ3) is 5.21. The van der Waals surface area contributed by atoms with Crippen LogP contribution in [0.2, 0.25) is 0 Å². The van der Waals surface area contributed by atoms with Crippen molar-refractivity contribution in [1.82, 2.24) is 20.2 Å². The molecule has 2 aromatic heterocycles. The number of hydrogen-bond acceptors (Lipinski definition) is 6. The lowest BCUT2D eigenvalue weighted by Crippen LogP contribution is -2.38. The monoisotopic (exact) mass is 459 g/mol. The maximum atomic E-state index is 13.0. The number of nitrogens with zero attached hydrogens (tertiary/aromatic N) is 3. The maximum Gasteiger partial charge on any atom is 0.258 e. The van der Waals surface area contributed by atoms with Crippen molar-refractivity contribution in [3.8, 4) is 0 Å². The number of anilines is 1. The molecule has 0 aliphatic rings. The van der Waals surface area contributed by atoms with Gasteiger partial charge in [0.15, 0.2) is 0 Å². The van der Waals surface area contributed by atoms with Crippen LogP contribution in [0.4, 0.5) is 5.69 Å². The number of carbonyl (C=O) groups is 2. The molecule has 0 saturated carbocycles. The molecule has 2 N–H and O–H groups in total. The fourth-order valence-corrected chi connectivity index (χ4v) is 3.63. The summed E-state index contributed by atoms with van der Waals surface area (Å²) in [4.78, 5) is 48.5. The average Bonchev–Trinajstić information content (AvgIpc) is 3.36. The van der Waals surface area contributed by atoms with E-state index in [9.17, 15) is 14.4 Å². The summed E-state index contributed by atoms with van der Waals surface area (Å²) in [5.74, 6) is 0.589. The van der Waals surface area contributed by atoms with Gasteiger partial charge in [0.1, 0.15) is 11.6 Å². The number of likely N-dealkylation sites (N-methyl/N-ethyl adjacent to an activating group) is 2. The number of aromatic nitrogens is 2. The highest BCUT2D eigenvalue weighted by Gasteiger charge is 2.20. The van der Waals surface area contributed by atoms with E-state index in [1.54, 1.807) is 79.9 Å². The minimum Gasteiger partial charge on any atom is -0.467 e. The number of hydrogen-bond donors (Lipinski definition) is 2. The molecule has 9 heteroatoms. The summed E-state index contributed by atoms with van der Waals surface area (Å²) < 4.78 is 5.25. The van der Waals surface area contributed by atoms with Gasteiger partial charge in [-0.2, -0.15) is 0 Å². The van der Waals surface area contributed by atoms with E-state index >= 15 is 0 Å². The first-order valence-corrected chi connectivity index (χ1v) is 10.7. The van der Waals surface area contributed by atoms with E-state index in [4.69, 9.17) is 4.42 Å². The Morgan fingerprint density at radius 2 is 1.79 bits per heavy atom. The van der Waals surface area contributed by atoms with Gasteiger partial charge < -0.3 is 19.6 Å². The van der Waals surface area contributed by atoms with Gasteiger partial charge in [0.05, 0.1) is 48.1 Å². The Morgan fingerprint density at radius 1 is 1.03 bits per heavy atom. The van der Waals surface area contributed by atoms with Crippen LogP contribution in [0.25, 0.3) is 10.9 Å². The van der Waals surface area contributed by atoms with Crippen LogP contribution in [0.3, 0.4) is 0 Å². The molecule has 34 heavy (non-hydrogen) atoms. The summed E-state index contributed by atoms with van der Waals surface area (Å²) in [6.07, 6.45) is 1.54. The molecular weight excluding hydrogens is 434 g/mol. The number of carbonyl (C=O) groups excluding carboxylic acids is 2. The third-order valence-corrected chi connectivity index (χ3v) is 5.37. The molecule has 2 heterocycles. The second kappa shape index (κ2) is 10.1. The molecule has 0 spiro atoms. The summed E-state index contributed by atoms with van der Waals surface area (Å²) in [5.41, 5.74) is 1.27. The van der Waals surface area contributed by atoms with Gasteiger partial charge in [0.2, 0.25) is 5.91 Å². The van der Waals surface area contributed by atoms with Crippen molar-refractivity contribution < 1.29 is 14.0 Å². The lowest BCUT2D eigenvalue weighted by molar-refractivity contribution is -0.119. The summed E-state index contributed by atoms with van der Waals surface area (Å²) in [5, 5.41) is 3.33. The Hall–Kier alpha value is -4.24. The summed E-state index contributed by atoms with van der Waals surface area (Å²) in [7, 11) is 3.40. The molecule has 0 fully saturated rings. The molecule has 9 nitrogen and oxygen atoms in total. The highest BCUT2D eigenvalue weighted by Crippen LogP contribution is 2.20. The molecule has 0 atom stereocenters. The van der Waals surface area contributed by atoms with Gasteiger partial charge in [-0.3, -0.25) is 19.3 Å². The summed E-state index contributed by atoms with van der Waals surface area (Å²) in [6, 6.07) is 17.5. The van der Waals surface area contributed by atoms with E-state index in [0.717, 1.165) is 0 Å². The molecule has 4 aromatic rings. The molecule has 0 saturated heterocycles. The number of rotatable bonds is 8. The fourth-order valence-electron chi connectivity index (χ4n) is 3.63. The molecule has 0 unspecified atom stereocenters. The van der Waals surface area contributed by atoms with Crippen molar-refractivity contribution in [2.24, 2.45) is 0 Å².